The van der Waals surface area contributed by atoms with Gasteiger partial charge in [-0.3, -0.25) is 0 Å². The molecule has 1 fully saturated rings. The van der Waals surface area contributed by atoms with Crippen molar-refractivity contribution >= 4 is 11.3 Å². The van der Waals surface area contributed by atoms with Crippen molar-refractivity contribution in [3.05, 3.63) is 22.4 Å². The Morgan fingerprint density at radius 3 is 2.58 bits per heavy atom. The fourth-order valence-electron chi connectivity index (χ4n) is 3.87. The van der Waals surface area contributed by atoms with Crippen LogP contribution in [0.5, 0.6) is 0 Å². The molecule has 2 rings (SSSR count). The highest BCUT2D eigenvalue weighted by atomic mass is 32.1. The molecule has 1 aliphatic rings. The molecular formula is C17H29NS. The summed E-state index contributed by atoms with van der Waals surface area (Å²) in [5, 5.41) is 6.10. The second-order valence-corrected chi connectivity index (χ2v) is 7.55. The van der Waals surface area contributed by atoms with E-state index in [9.17, 15) is 0 Å². The van der Waals surface area contributed by atoms with Crippen molar-refractivity contribution in [2.75, 3.05) is 6.54 Å². The molecule has 1 aromatic rings. The lowest BCUT2D eigenvalue weighted by Gasteiger charge is -2.39. The Morgan fingerprint density at radius 1 is 1.32 bits per heavy atom. The summed E-state index contributed by atoms with van der Waals surface area (Å²) < 4.78 is 0. The highest BCUT2D eigenvalue weighted by molar-refractivity contribution is 7.10. The first-order valence-electron chi connectivity index (χ1n) is 7.95. The van der Waals surface area contributed by atoms with Gasteiger partial charge in [0.2, 0.25) is 0 Å². The zero-order chi connectivity index (χ0) is 13.7. The van der Waals surface area contributed by atoms with Crippen LogP contribution in [0, 0.1) is 11.3 Å². The van der Waals surface area contributed by atoms with E-state index in [2.05, 4.69) is 43.6 Å². The molecule has 0 spiro atoms. The average Bonchev–Trinajstić information content (AvgIpc) is 3.01. The van der Waals surface area contributed by atoms with E-state index in [0.717, 1.165) is 12.5 Å². The monoisotopic (exact) mass is 279 g/mol. The van der Waals surface area contributed by atoms with Crippen LogP contribution < -0.4 is 5.32 Å². The number of thiophene rings is 1. The first-order chi connectivity index (χ1) is 9.18. The van der Waals surface area contributed by atoms with Gasteiger partial charge in [-0.2, -0.15) is 0 Å². The molecule has 1 heterocycles. The third-order valence-electron chi connectivity index (χ3n) is 4.45. The number of hydrogen-bond acceptors (Lipinski definition) is 2. The SMILES string of the molecule is CCCNC(c1cccs1)C1(CC(C)C)CCCC1. The summed E-state index contributed by atoms with van der Waals surface area (Å²) in [4.78, 5) is 1.55. The quantitative estimate of drug-likeness (QED) is 0.705. The van der Waals surface area contributed by atoms with Crippen LogP contribution >= 0.6 is 11.3 Å². The zero-order valence-electron chi connectivity index (χ0n) is 12.7. The number of nitrogens with one attached hydrogen (secondary N) is 1. The maximum Gasteiger partial charge on any atom is 0.0472 e. The minimum atomic E-state index is 0.508. The van der Waals surface area contributed by atoms with E-state index >= 15 is 0 Å². The molecular weight excluding hydrogens is 250 g/mol. The van der Waals surface area contributed by atoms with Gasteiger partial charge in [0.1, 0.15) is 0 Å². The Labute approximate surface area is 122 Å². The lowest BCUT2D eigenvalue weighted by atomic mass is 9.72. The van der Waals surface area contributed by atoms with Gasteiger partial charge >= 0.3 is 0 Å². The summed E-state index contributed by atoms with van der Waals surface area (Å²) in [5.74, 6) is 0.795. The van der Waals surface area contributed by atoms with Crippen molar-refractivity contribution in [3.8, 4) is 0 Å². The average molecular weight is 279 g/mol. The standard InChI is InChI=1S/C17H29NS/c1-4-11-18-16(15-8-7-12-19-15)17(13-14(2)3)9-5-6-10-17/h7-8,12,14,16,18H,4-6,9-11,13H2,1-3H3. The first-order valence-corrected chi connectivity index (χ1v) is 8.83. The molecule has 0 aliphatic heterocycles. The summed E-state index contributed by atoms with van der Waals surface area (Å²) in [6, 6.07) is 5.12. The Bertz CT molecular complexity index is 349. The number of hydrogen-bond donors (Lipinski definition) is 1. The van der Waals surface area contributed by atoms with Crippen molar-refractivity contribution in [2.24, 2.45) is 11.3 Å². The van der Waals surface area contributed by atoms with Crippen molar-refractivity contribution in [1.29, 1.82) is 0 Å². The van der Waals surface area contributed by atoms with Crippen LogP contribution in [0.4, 0.5) is 0 Å². The molecule has 1 saturated carbocycles. The molecule has 0 amide bonds. The fraction of sp³-hybridized carbons (Fsp3) is 0.765. The van der Waals surface area contributed by atoms with Gasteiger partial charge in [-0.25, -0.2) is 0 Å². The highest BCUT2D eigenvalue weighted by Gasteiger charge is 2.42. The molecule has 0 saturated heterocycles. The fourth-order valence-corrected chi connectivity index (χ4v) is 4.81. The Morgan fingerprint density at radius 2 is 2.05 bits per heavy atom. The highest BCUT2D eigenvalue weighted by Crippen LogP contribution is 2.52. The molecule has 0 aromatic carbocycles. The maximum atomic E-state index is 3.87. The van der Waals surface area contributed by atoms with E-state index in [1.54, 1.807) is 4.88 Å². The van der Waals surface area contributed by atoms with Crippen LogP contribution in [0.25, 0.3) is 0 Å². The zero-order valence-corrected chi connectivity index (χ0v) is 13.6. The largest absolute Gasteiger partial charge is 0.309 e. The third-order valence-corrected chi connectivity index (χ3v) is 5.39. The van der Waals surface area contributed by atoms with E-state index in [0.29, 0.717) is 11.5 Å². The predicted molar refractivity (Wildman–Crippen MR) is 85.7 cm³/mol. The molecule has 1 atom stereocenters. The molecule has 0 bridgehead atoms. The van der Waals surface area contributed by atoms with E-state index < -0.39 is 0 Å². The molecule has 2 heteroatoms. The second-order valence-electron chi connectivity index (χ2n) is 6.57. The minimum Gasteiger partial charge on any atom is -0.309 e. The Hall–Kier alpha value is -0.340. The van der Waals surface area contributed by atoms with Crippen LogP contribution in [0.3, 0.4) is 0 Å². The van der Waals surface area contributed by atoms with Crippen LogP contribution in [0.15, 0.2) is 17.5 Å². The van der Waals surface area contributed by atoms with Gasteiger partial charge in [0.15, 0.2) is 0 Å². The van der Waals surface area contributed by atoms with Gasteiger partial charge in [0.05, 0.1) is 0 Å². The van der Waals surface area contributed by atoms with Gasteiger partial charge < -0.3 is 5.32 Å². The molecule has 1 aromatic heterocycles. The second kappa shape index (κ2) is 6.90. The van der Waals surface area contributed by atoms with Crippen LogP contribution in [0.2, 0.25) is 0 Å². The van der Waals surface area contributed by atoms with Crippen LogP contribution in [-0.2, 0) is 0 Å². The predicted octanol–water partition coefficient (Wildman–Crippen LogP) is 5.40. The van der Waals surface area contributed by atoms with E-state index in [4.69, 9.17) is 0 Å². The summed E-state index contributed by atoms with van der Waals surface area (Å²) in [5.41, 5.74) is 0.508. The van der Waals surface area contributed by atoms with Gasteiger partial charge in [-0.15, -0.1) is 11.3 Å². The molecule has 1 N–H and O–H groups in total. The van der Waals surface area contributed by atoms with Crippen molar-refractivity contribution in [1.82, 2.24) is 5.32 Å². The molecule has 0 radical (unpaired) electrons. The van der Waals surface area contributed by atoms with Crippen LogP contribution in [0.1, 0.15) is 70.2 Å². The molecule has 1 nitrogen and oxygen atoms in total. The summed E-state index contributed by atoms with van der Waals surface area (Å²) in [6.45, 7) is 8.17. The van der Waals surface area contributed by atoms with E-state index in [1.165, 1.54) is 38.5 Å². The van der Waals surface area contributed by atoms with Crippen molar-refractivity contribution < 1.29 is 0 Å². The number of rotatable bonds is 7. The van der Waals surface area contributed by atoms with Crippen LogP contribution in [-0.4, -0.2) is 6.54 Å². The van der Waals surface area contributed by atoms with E-state index in [-0.39, 0.29) is 0 Å². The van der Waals surface area contributed by atoms with E-state index in [1.807, 2.05) is 11.3 Å². The topological polar surface area (TPSA) is 12.0 Å². The molecule has 1 aliphatic carbocycles. The lowest BCUT2D eigenvalue weighted by Crippen LogP contribution is -2.37. The van der Waals surface area contributed by atoms with Gasteiger partial charge in [-0.05, 0) is 55.0 Å². The van der Waals surface area contributed by atoms with Crippen molar-refractivity contribution in [3.63, 3.8) is 0 Å². The lowest BCUT2D eigenvalue weighted by molar-refractivity contribution is 0.158. The smallest absolute Gasteiger partial charge is 0.0472 e. The molecule has 1 unspecified atom stereocenters. The summed E-state index contributed by atoms with van der Waals surface area (Å²) >= 11 is 1.93. The maximum absolute atomic E-state index is 3.87. The summed E-state index contributed by atoms with van der Waals surface area (Å²) in [6.07, 6.45) is 8.24. The van der Waals surface area contributed by atoms with Crippen molar-refractivity contribution in [2.45, 2.75) is 65.3 Å². The minimum absolute atomic E-state index is 0.508. The normalized spacial score (nSPS) is 20.0. The van der Waals surface area contributed by atoms with Gasteiger partial charge in [-0.1, -0.05) is 39.7 Å². The van der Waals surface area contributed by atoms with Gasteiger partial charge in [0, 0.05) is 10.9 Å². The first kappa shape index (κ1) is 15.1. The summed E-state index contributed by atoms with van der Waals surface area (Å²) in [7, 11) is 0. The Kier molecular flexibility index (Phi) is 5.47. The van der Waals surface area contributed by atoms with Gasteiger partial charge in [0.25, 0.3) is 0 Å². The molecule has 108 valence electrons. The molecule has 19 heavy (non-hydrogen) atoms. The third kappa shape index (κ3) is 3.61. The Balaban J connectivity index is 2.22.